The Kier molecular flexibility index (Phi) is 5.20. The van der Waals surface area contributed by atoms with Gasteiger partial charge in [-0.1, -0.05) is 12.1 Å². The van der Waals surface area contributed by atoms with Crippen LogP contribution < -0.4 is 9.47 Å². The van der Waals surface area contributed by atoms with E-state index >= 15 is 0 Å². The number of likely N-dealkylation sites (tertiary alicyclic amines) is 1. The van der Waals surface area contributed by atoms with Crippen LogP contribution in [-0.4, -0.2) is 31.6 Å². The average Bonchev–Trinajstić information content (AvgIpc) is 3.30. The third kappa shape index (κ3) is 3.46. The van der Waals surface area contributed by atoms with Crippen molar-refractivity contribution < 1.29 is 14.3 Å². The Balaban J connectivity index is 1.79. The van der Waals surface area contributed by atoms with Crippen LogP contribution in [0, 0.1) is 0 Å². The van der Waals surface area contributed by atoms with Crippen molar-refractivity contribution in [3.05, 3.63) is 52.2 Å². The molecule has 24 heavy (non-hydrogen) atoms. The summed E-state index contributed by atoms with van der Waals surface area (Å²) in [6, 6.07) is 9.96. The van der Waals surface area contributed by atoms with Crippen LogP contribution in [0.15, 0.2) is 41.8 Å². The highest BCUT2D eigenvalue weighted by atomic mass is 32.1. The molecular formula is C19H21NO3S. The molecule has 1 unspecified atom stereocenters. The van der Waals surface area contributed by atoms with Gasteiger partial charge in [-0.05, 0) is 48.1 Å². The molecule has 2 heterocycles. The van der Waals surface area contributed by atoms with Crippen LogP contribution in [0.1, 0.15) is 29.3 Å². The summed E-state index contributed by atoms with van der Waals surface area (Å²) >= 11 is 1.63. The molecule has 1 aromatic heterocycles. The van der Waals surface area contributed by atoms with E-state index in [9.17, 15) is 4.79 Å². The molecule has 1 aliphatic heterocycles. The highest BCUT2D eigenvalue weighted by Crippen LogP contribution is 2.37. The molecular weight excluding hydrogens is 322 g/mol. The zero-order valence-electron chi connectivity index (χ0n) is 13.9. The lowest BCUT2D eigenvalue weighted by Gasteiger charge is -2.24. The first-order chi connectivity index (χ1) is 11.7. The zero-order valence-corrected chi connectivity index (χ0v) is 14.7. The monoisotopic (exact) mass is 343 g/mol. The van der Waals surface area contributed by atoms with Crippen LogP contribution in [0.5, 0.6) is 11.5 Å². The maximum Gasteiger partial charge on any atom is 0.247 e. The Bertz CT molecular complexity index is 724. The highest BCUT2D eigenvalue weighted by Gasteiger charge is 2.29. The molecule has 0 spiro atoms. The second-order valence-electron chi connectivity index (χ2n) is 5.65. The van der Waals surface area contributed by atoms with E-state index < -0.39 is 0 Å². The van der Waals surface area contributed by atoms with Crippen molar-refractivity contribution >= 4 is 23.3 Å². The van der Waals surface area contributed by atoms with Gasteiger partial charge >= 0.3 is 0 Å². The number of benzene rings is 1. The molecule has 1 atom stereocenters. The number of amides is 1. The smallest absolute Gasteiger partial charge is 0.247 e. The highest BCUT2D eigenvalue weighted by molar-refractivity contribution is 7.10. The predicted molar refractivity (Wildman–Crippen MR) is 96.6 cm³/mol. The minimum Gasteiger partial charge on any atom is -0.493 e. The van der Waals surface area contributed by atoms with Crippen LogP contribution in [0.2, 0.25) is 0 Å². The normalized spacial score (nSPS) is 17.4. The van der Waals surface area contributed by atoms with Gasteiger partial charge in [0, 0.05) is 17.5 Å². The number of ether oxygens (including phenoxy) is 2. The summed E-state index contributed by atoms with van der Waals surface area (Å²) in [6.45, 7) is 0.784. The lowest BCUT2D eigenvalue weighted by molar-refractivity contribution is -0.126. The Hall–Kier alpha value is -2.27. The first kappa shape index (κ1) is 16.6. The van der Waals surface area contributed by atoms with E-state index in [0.717, 1.165) is 29.8 Å². The second kappa shape index (κ2) is 7.53. The average molecular weight is 343 g/mol. The molecule has 0 radical (unpaired) electrons. The summed E-state index contributed by atoms with van der Waals surface area (Å²) in [6.07, 6.45) is 5.54. The number of carbonyl (C=O) groups excluding carboxylic acids is 1. The molecule has 0 aliphatic carbocycles. The minimum atomic E-state index is 0.0562. The van der Waals surface area contributed by atoms with Gasteiger partial charge in [-0.3, -0.25) is 4.79 Å². The fourth-order valence-electron chi connectivity index (χ4n) is 3.07. The van der Waals surface area contributed by atoms with E-state index in [0.29, 0.717) is 11.5 Å². The third-order valence-electron chi connectivity index (χ3n) is 4.26. The lowest BCUT2D eigenvalue weighted by Crippen LogP contribution is -2.28. The Morgan fingerprint density at radius 3 is 2.79 bits per heavy atom. The summed E-state index contributed by atoms with van der Waals surface area (Å²) < 4.78 is 10.7. The van der Waals surface area contributed by atoms with Crippen molar-refractivity contribution in [1.82, 2.24) is 4.90 Å². The molecule has 2 aromatic rings. The standard InChI is InChI=1S/C19H21NO3S/c1-22-17-9-7-14(13-18(17)23-2)16-6-3-11-20(16)19(21)10-8-15-5-4-12-24-15/h4-5,7-10,12-13,16H,3,6,11H2,1-2H3/b10-8+. The zero-order chi connectivity index (χ0) is 16.9. The van der Waals surface area contributed by atoms with Crippen LogP contribution in [0.3, 0.4) is 0 Å². The largest absolute Gasteiger partial charge is 0.493 e. The number of thiophene rings is 1. The van der Waals surface area contributed by atoms with Crippen molar-refractivity contribution in [2.75, 3.05) is 20.8 Å². The van der Waals surface area contributed by atoms with E-state index in [4.69, 9.17) is 9.47 Å². The molecule has 1 saturated heterocycles. The van der Waals surface area contributed by atoms with E-state index in [1.165, 1.54) is 0 Å². The maximum atomic E-state index is 12.6. The summed E-state index contributed by atoms with van der Waals surface area (Å²) in [7, 11) is 3.25. The Morgan fingerprint density at radius 2 is 2.08 bits per heavy atom. The molecule has 0 saturated carbocycles. The van der Waals surface area contributed by atoms with Crippen LogP contribution >= 0.6 is 11.3 Å². The molecule has 1 aromatic carbocycles. The van der Waals surface area contributed by atoms with Gasteiger partial charge in [0.2, 0.25) is 5.91 Å². The fraction of sp³-hybridized carbons (Fsp3) is 0.316. The van der Waals surface area contributed by atoms with Gasteiger partial charge in [0.25, 0.3) is 0 Å². The van der Waals surface area contributed by atoms with E-state index in [2.05, 4.69) is 0 Å². The number of nitrogens with zero attached hydrogens (tertiary/aromatic N) is 1. The molecule has 126 valence electrons. The number of hydrogen-bond donors (Lipinski definition) is 0. The third-order valence-corrected chi connectivity index (χ3v) is 5.10. The van der Waals surface area contributed by atoms with Gasteiger partial charge in [0.15, 0.2) is 11.5 Å². The summed E-state index contributed by atoms with van der Waals surface area (Å²) in [5, 5.41) is 2.01. The van der Waals surface area contributed by atoms with Crippen molar-refractivity contribution in [3.8, 4) is 11.5 Å². The van der Waals surface area contributed by atoms with Crippen LogP contribution in [0.4, 0.5) is 0 Å². The van der Waals surface area contributed by atoms with Gasteiger partial charge in [-0.2, -0.15) is 0 Å². The molecule has 1 amide bonds. The number of carbonyl (C=O) groups is 1. The van der Waals surface area contributed by atoms with E-state index in [1.54, 1.807) is 31.6 Å². The molecule has 4 nitrogen and oxygen atoms in total. The van der Waals surface area contributed by atoms with Crippen molar-refractivity contribution in [2.24, 2.45) is 0 Å². The molecule has 1 fully saturated rings. The van der Waals surface area contributed by atoms with Gasteiger partial charge in [-0.25, -0.2) is 0 Å². The molecule has 0 N–H and O–H groups in total. The van der Waals surface area contributed by atoms with Crippen LogP contribution in [-0.2, 0) is 4.79 Å². The minimum absolute atomic E-state index is 0.0562. The van der Waals surface area contributed by atoms with Crippen LogP contribution in [0.25, 0.3) is 6.08 Å². The number of rotatable bonds is 5. The molecule has 3 rings (SSSR count). The number of methoxy groups -OCH3 is 2. The van der Waals surface area contributed by atoms with Gasteiger partial charge < -0.3 is 14.4 Å². The van der Waals surface area contributed by atoms with Crippen molar-refractivity contribution in [3.63, 3.8) is 0 Å². The molecule has 5 heteroatoms. The van der Waals surface area contributed by atoms with E-state index in [1.807, 2.05) is 46.7 Å². The van der Waals surface area contributed by atoms with Gasteiger partial charge in [0.05, 0.1) is 20.3 Å². The summed E-state index contributed by atoms with van der Waals surface area (Å²) in [5.41, 5.74) is 1.09. The first-order valence-electron chi connectivity index (χ1n) is 7.97. The van der Waals surface area contributed by atoms with E-state index in [-0.39, 0.29) is 11.9 Å². The lowest BCUT2D eigenvalue weighted by atomic mass is 10.0. The molecule has 0 bridgehead atoms. The topological polar surface area (TPSA) is 38.8 Å². The Labute approximate surface area is 146 Å². The quantitative estimate of drug-likeness (QED) is 0.766. The number of hydrogen-bond acceptors (Lipinski definition) is 4. The predicted octanol–water partition coefficient (Wildman–Crippen LogP) is 4.14. The van der Waals surface area contributed by atoms with Crippen molar-refractivity contribution in [1.29, 1.82) is 0 Å². The van der Waals surface area contributed by atoms with Gasteiger partial charge in [-0.15, -0.1) is 11.3 Å². The van der Waals surface area contributed by atoms with Gasteiger partial charge in [0.1, 0.15) is 0 Å². The second-order valence-corrected chi connectivity index (χ2v) is 6.63. The Morgan fingerprint density at radius 1 is 1.25 bits per heavy atom. The molecule has 1 aliphatic rings. The summed E-state index contributed by atoms with van der Waals surface area (Å²) in [5.74, 6) is 1.46. The van der Waals surface area contributed by atoms with Crippen molar-refractivity contribution in [2.45, 2.75) is 18.9 Å². The SMILES string of the molecule is COc1ccc(C2CCCN2C(=O)/C=C/c2cccs2)cc1OC. The fourth-order valence-corrected chi connectivity index (χ4v) is 3.69. The maximum absolute atomic E-state index is 12.6. The first-order valence-corrected chi connectivity index (χ1v) is 8.85. The summed E-state index contributed by atoms with van der Waals surface area (Å²) in [4.78, 5) is 15.6.